The number of hydrogen-bond donors (Lipinski definition) is 3. The Hall–Kier alpha value is -9.09. The van der Waals surface area contributed by atoms with Crippen LogP contribution in [0.1, 0.15) is 76.4 Å². The quantitative estimate of drug-likeness (QED) is 0.101. The Labute approximate surface area is 455 Å². The number of nitrogens with two attached hydrogens (primary N) is 1. The normalized spacial score (nSPS) is 18.4. The number of rotatable bonds is 11. The van der Waals surface area contributed by atoms with Crippen LogP contribution >= 0.6 is 0 Å². The van der Waals surface area contributed by atoms with Crippen LogP contribution in [0.2, 0.25) is 0 Å². The zero-order valence-corrected chi connectivity index (χ0v) is 43.4. The SMILES string of the molecule is Nc1cc(-c2ccc3ncnc(-c4ccc(N5CCN(CC#Cc6ccc(N7CCC(C(=O)N8CCC(n9cc(CNc%10cccc%11c%10C(=O)N(C%10CCC(=O)NC%10=O)C%11=O)cn9)CC8)CC7)nc6)CC5)c(F)c4)c3c2)ccn1. The number of piperidine rings is 3. The van der Waals surface area contributed by atoms with E-state index in [0.29, 0.717) is 67.7 Å². The molecule has 4 saturated heterocycles. The predicted octanol–water partition coefficient (Wildman–Crippen LogP) is 5.94. The van der Waals surface area contributed by atoms with E-state index in [0.717, 1.165) is 95.7 Å². The van der Waals surface area contributed by atoms with Gasteiger partial charge >= 0.3 is 0 Å². The second-order valence-electron chi connectivity index (χ2n) is 20.7. The molecule has 0 aliphatic carbocycles. The summed E-state index contributed by atoms with van der Waals surface area (Å²) in [5.74, 6) is 5.58. The van der Waals surface area contributed by atoms with Gasteiger partial charge in [0.2, 0.25) is 17.7 Å². The third-order valence-corrected chi connectivity index (χ3v) is 15.9. The number of carbonyl (C=O) groups is 5. The van der Waals surface area contributed by atoms with Crippen molar-refractivity contribution in [1.82, 2.24) is 49.7 Å². The van der Waals surface area contributed by atoms with Crippen molar-refractivity contribution in [2.24, 2.45) is 5.92 Å². The summed E-state index contributed by atoms with van der Waals surface area (Å²) in [6.07, 6.45) is 12.0. The molecule has 1 atom stereocenters. The largest absolute Gasteiger partial charge is 0.384 e. The molecule has 4 aromatic heterocycles. The van der Waals surface area contributed by atoms with Gasteiger partial charge in [0.1, 0.15) is 29.8 Å². The van der Waals surface area contributed by atoms with E-state index in [-0.39, 0.29) is 47.7 Å². The lowest BCUT2D eigenvalue weighted by atomic mass is 9.93. The number of carbonyl (C=O) groups excluding carboxylic acids is 5. The summed E-state index contributed by atoms with van der Waals surface area (Å²) in [7, 11) is 0. The second kappa shape index (κ2) is 21.7. The van der Waals surface area contributed by atoms with E-state index < -0.39 is 29.7 Å². The van der Waals surface area contributed by atoms with Gasteiger partial charge < -0.3 is 25.8 Å². The van der Waals surface area contributed by atoms with Gasteiger partial charge in [-0.05, 0) is 104 Å². The Morgan fingerprint density at radius 2 is 1.58 bits per heavy atom. The molecule has 79 heavy (non-hydrogen) atoms. The molecule has 19 nitrogen and oxygen atoms in total. The lowest BCUT2D eigenvalue weighted by molar-refractivity contribution is -0.138. The smallest absolute Gasteiger partial charge is 0.264 e. The number of anilines is 4. The number of imide groups is 2. The maximum Gasteiger partial charge on any atom is 0.264 e. The van der Waals surface area contributed by atoms with Crippen LogP contribution in [0.5, 0.6) is 0 Å². The molecule has 4 fully saturated rings. The first-order chi connectivity index (χ1) is 38.5. The average molecular weight is 1060 g/mol. The lowest BCUT2D eigenvalue weighted by Crippen LogP contribution is -2.54. The van der Waals surface area contributed by atoms with E-state index in [4.69, 9.17) is 10.7 Å². The summed E-state index contributed by atoms with van der Waals surface area (Å²) in [5, 5.41) is 11.0. The number of piperazine rings is 1. The van der Waals surface area contributed by atoms with Gasteiger partial charge in [0.25, 0.3) is 11.8 Å². The van der Waals surface area contributed by atoms with Crippen molar-refractivity contribution in [1.29, 1.82) is 0 Å². The molecule has 0 bridgehead atoms. The van der Waals surface area contributed by atoms with E-state index in [1.54, 1.807) is 36.7 Å². The zero-order chi connectivity index (χ0) is 54.1. The van der Waals surface area contributed by atoms with Crippen LogP contribution in [0.15, 0.2) is 110 Å². The molecule has 5 amide bonds. The van der Waals surface area contributed by atoms with Crippen LogP contribution < -0.4 is 26.2 Å². The highest BCUT2D eigenvalue weighted by molar-refractivity contribution is 6.25. The standard InChI is InChI=1S/C59H57FN14O5/c60-46-30-42(55-45-29-40(7-9-47(45)65-36-66-55)41-14-19-62-51(61)31-41)8-10-49(46)70-27-25-69(26-28-70)20-2-3-37-6-12-52(64-32-37)71-21-15-39(16-22-71)57(77)72-23-17-43(18-24-72)73-35-38(34-67-73)33-63-48-5-1-4-44-54(48)59(79)74(58(44)78)50-11-13-53(75)68-56(50)76/h1,4-10,12,14,19,29-32,34-36,39,43,50,63H,11,13,15-18,20-28,33H2,(H2,61,62)(H,68,75,76). The van der Waals surface area contributed by atoms with Gasteiger partial charge in [-0.25, -0.2) is 24.3 Å². The number of likely N-dealkylation sites (tertiary alicyclic amines) is 1. The highest BCUT2D eigenvalue weighted by Crippen LogP contribution is 2.35. The van der Waals surface area contributed by atoms with E-state index in [1.807, 2.05) is 76.6 Å². The molecule has 3 aromatic carbocycles. The molecule has 400 valence electrons. The number of benzene rings is 3. The average Bonchev–Trinajstić information content (AvgIpc) is 4.18. The van der Waals surface area contributed by atoms with Crippen molar-refractivity contribution in [2.75, 3.05) is 79.8 Å². The molecule has 20 heteroatoms. The molecule has 9 heterocycles. The fraction of sp³-hybridized carbons (Fsp3) is 0.322. The molecular formula is C59H57FN14O5. The van der Waals surface area contributed by atoms with Crippen LogP contribution in [0.25, 0.3) is 33.3 Å². The molecule has 1 unspecified atom stereocenters. The first-order valence-electron chi connectivity index (χ1n) is 26.9. The number of hydrogen-bond acceptors (Lipinski definition) is 15. The fourth-order valence-corrected chi connectivity index (χ4v) is 11.5. The number of amides is 5. The Kier molecular flexibility index (Phi) is 14.0. The fourth-order valence-electron chi connectivity index (χ4n) is 11.5. The Bertz CT molecular complexity index is 3590. The van der Waals surface area contributed by atoms with Crippen molar-refractivity contribution < 1.29 is 28.4 Å². The third kappa shape index (κ3) is 10.4. The highest BCUT2D eigenvalue weighted by Gasteiger charge is 2.45. The number of nitrogen functional groups attached to an aromatic ring is 1. The van der Waals surface area contributed by atoms with Crippen molar-refractivity contribution >= 4 is 63.4 Å². The summed E-state index contributed by atoms with van der Waals surface area (Å²) in [5.41, 5.74) is 13.1. The van der Waals surface area contributed by atoms with Gasteiger partial charge in [-0.2, -0.15) is 5.10 Å². The van der Waals surface area contributed by atoms with Crippen molar-refractivity contribution in [2.45, 2.75) is 57.2 Å². The van der Waals surface area contributed by atoms with Crippen LogP contribution in [0.4, 0.5) is 27.4 Å². The van der Waals surface area contributed by atoms with Crippen molar-refractivity contribution in [3.8, 4) is 34.2 Å². The van der Waals surface area contributed by atoms with E-state index >= 15 is 4.39 Å². The molecule has 12 rings (SSSR count). The first-order valence-corrected chi connectivity index (χ1v) is 26.9. The van der Waals surface area contributed by atoms with E-state index in [1.165, 1.54) is 6.33 Å². The molecule has 4 N–H and O–H groups in total. The van der Waals surface area contributed by atoms with Crippen molar-refractivity contribution in [3.05, 3.63) is 138 Å². The molecule has 0 spiro atoms. The van der Waals surface area contributed by atoms with Crippen LogP contribution in [-0.2, 0) is 20.9 Å². The Morgan fingerprint density at radius 1 is 0.772 bits per heavy atom. The summed E-state index contributed by atoms with van der Waals surface area (Å²) in [6, 6.07) is 23.1. The van der Waals surface area contributed by atoms with Gasteiger partial charge in [0.05, 0.1) is 46.8 Å². The van der Waals surface area contributed by atoms with Crippen molar-refractivity contribution in [3.63, 3.8) is 0 Å². The monoisotopic (exact) mass is 1060 g/mol. The summed E-state index contributed by atoms with van der Waals surface area (Å²) in [6.45, 7) is 6.59. The Balaban J connectivity index is 0.571. The minimum atomic E-state index is -1.04. The maximum absolute atomic E-state index is 15.9. The summed E-state index contributed by atoms with van der Waals surface area (Å²) >= 11 is 0. The minimum Gasteiger partial charge on any atom is -0.384 e. The number of pyridine rings is 2. The third-order valence-electron chi connectivity index (χ3n) is 15.9. The molecular weight excluding hydrogens is 1000 g/mol. The Morgan fingerprint density at radius 3 is 2.35 bits per heavy atom. The number of halogens is 1. The minimum absolute atomic E-state index is 0.0366. The summed E-state index contributed by atoms with van der Waals surface area (Å²) < 4.78 is 17.8. The van der Waals surface area contributed by atoms with Gasteiger partial charge in [0, 0.05) is 118 Å². The highest BCUT2D eigenvalue weighted by atomic mass is 19.1. The molecule has 5 aliphatic rings. The second-order valence-corrected chi connectivity index (χ2v) is 20.7. The van der Waals surface area contributed by atoms with Gasteiger partial charge in [0.15, 0.2) is 0 Å². The first kappa shape index (κ1) is 50.7. The van der Waals surface area contributed by atoms with Crippen LogP contribution in [-0.4, -0.2) is 139 Å². The van der Waals surface area contributed by atoms with Crippen LogP contribution in [0.3, 0.4) is 0 Å². The number of nitrogens with one attached hydrogen (secondary N) is 2. The van der Waals surface area contributed by atoms with Crippen LogP contribution in [0, 0.1) is 23.6 Å². The zero-order valence-electron chi connectivity index (χ0n) is 43.4. The maximum atomic E-state index is 15.9. The number of fused-ring (bicyclic) bond motifs is 2. The number of aromatic nitrogens is 6. The van der Waals surface area contributed by atoms with Gasteiger partial charge in [-0.15, -0.1) is 0 Å². The van der Waals surface area contributed by atoms with Gasteiger partial charge in [-0.1, -0.05) is 30.0 Å². The van der Waals surface area contributed by atoms with Gasteiger partial charge in [-0.3, -0.25) is 43.8 Å². The molecule has 7 aromatic rings. The topological polar surface area (TPSA) is 221 Å². The number of nitrogens with zero attached hydrogens (tertiary/aromatic N) is 11. The predicted molar refractivity (Wildman–Crippen MR) is 295 cm³/mol. The van der Waals surface area contributed by atoms with E-state index in [9.17, 15) is 24.0 Å². The molecule has 5 aliphatic heterocycles. The molecule has 0 radical (unpaired) electrons. The summed E-state index contributed by atoms with van der Waals surface area (Å²) in [4.78, 5) is 92.2. The molecule has 0 saturated carbocycles. The lowest BCUT2D eigenvalue weighted by Gasteiger charge is -2.37. The van der Waals surface area contributed by atoms with E-state index in [2.05, 4.69) is 57.2 Å².